The quantitative estimate of drug-likeness (QED) is 0.860. The van der Waals surface area contributed by atoms with E-state index < -0.39 is 0 Å². The molecule has 2 aliphatic heterocycles. The average molecular weight is 318 g/mol. The molecular formula is C17H22N2O2S. The van der Waals surface area contributed by atoms with Gasteiger partial charge in [-0.2, -0.15) is 0 Å². The Bertz CT molecular complexity index is 592. The first kappa shape index (κ1) is 15.4. The number of rotatable bonds is 3. The van der Waals surface area contributed by atoms with E-state index in [1.807, 2.05) is 49.2 Å². The lowest BCUT2D eigenvalue weighted by atomic mass is 10.1. The lowest BCUT2D eigenvalue weighted by Gasteiger charge is -2.34. The van der Waals surface area contributed by atoms with Gasteiger partial charge in [-0.3, -0.25) is 9.59 Å². The molecule has 2 aliphatic rings. The molecule has 118 valence electrons. The van der Waals surface area contributed by atoms with Crippen LogP contribution in [0.3, 0.4) is 0 Å². The summed E-state index contributed by atoms with van der Waals surface area (Å²) in [4.78, 5) is 28.5. The fourth-order valence-electron chi connectivity index (χ4n) is 3.38. The van der Waals surface area contributed by atoms with Crippen LogP contribution in [0.5, 0.6) is 0 Å². The molecule has 0 spiro atoms. The van der Waals surface area contributed by atoms with Crippen molar-refractivity contribution in [1.29, 1.82) is 0 Å². The van der Waals surface area contributed by atoms with E-state index in [0.29, 0.717) is 12.2 Å². The van der Waals surface area contributed by atoms with Gasteiger partial charge in [0.05, 0.1) is 10.9 Å². The van der Waals surface area contributed by atoms with Crippen molar-refractivity contribution in [2.75, 3.05) is 12.8 Å². The molecule has 0 aromatic heterocycles. The van der Waals surface area contributed by atoms with Gasteiger partial charge in [-0.1, -0.05) is 30.3 Å². The summed E-state index contributed by atoms with van der Waals surface area (Å²) in [6.45, 7) is 4.11. The minimum Gasteiger partial charge on any atom is -0.337 e. The van der Waals surface area contributed by atoms with Crippen LogP contribution in [0.25, 0.3) is 0 Å². The molecule has 4 nitrogen and oxygen atoms in total. The third-order valence-electron chi connectivity index (χ3n) is 4.94. The Morgan fingerprint density at radius 2 is 2.09 bits per heavy atom. The first-order valence-electron chi connectivity index (χ1n) is 7.72. The number of thioether (sulfide) groups is 1. The minimum absolute atomic E-state index is 0.00302. The fourth-order valence-corrected chi connectivity index (χ4v) is 4.81. The lowest BCUT2D eigenvalue weighted by Crippen LogP contribution is -2.50. The van der Waals surface area contributed by atoms with E-state index in [1.165, 1.54) is 0 Å². The van der Waals surface area contributed by atoms with Crippen LogP contribution in [0.4, 0.5) is 0 Å². The van der Waals surface area contributed by atoms with Gasteiger partial charge >= 0.3 is 0 Å². The summed E-state index contributed by atoms with van der Waals surface area (Å²) >= 11 is 1.74. The molecule has 0 saturated carbocycles. The summed E-state index contributed by atoms with van der Waals surface area (Å²) in [6.07, 6.45) is 1.41. The Hall–Kier alpha value is -1.49. The highest BCUT2D eigenvalue weighted by Crippen LogP contribution is 2.47. The zero-order valence-electron chi connectivity index (χ0n) is 13.3. The number of carbonyl (C=O) groups excluding carboxylic acids is 2. The fraction of sp³-hybridized carbons (Fsp3) is 0.529. The van der Waals surface area contributed by atoms with Gasteiger partial charge in [0.2, 0.25) is 11.8 Å². The summed E-state index contributed by atoms with van der Waals surface area (Å²) in [7, 11) is 1.83. The molecule has 1 aromatic carbocycles. The SMILES string of the molecule is CC(c1ccccc1)N(C)C(=O)C1CSC2(C)CCC(=O)N12. The number of amides is 2. The Morgan fingerprint density at radius 1 is 1.41 bits per heavy atom. The highest BCUT2D eigenvalue weighted by atomic mass is 32.2. The molecule has 2 fully saturated rings. The molecule has 0 aliphatic carbocycles. The molecule has 2 heterocycles. The number of likely N-dealkylation sites (N-methyl/N-ethyl adjacent to an activating group) is 1. The van der Waals surface area contributed by atoms with Gasteiger partial charge in [0.1, 0.15) is 6.04 Å². The van der Waals surface area contributed by atoms with Crippen LogP contribution < -0.4 is 0 Å². The molecule has 22 heavy (non-hydrogen) atoms. The molecule has 3 atom stereocenters. The maximum absolute atomic E-state index is 12.9. The van der Waals surface area contributed by atoms with E-state index in [9.17, 15) is 9.59 Å². The third-order valence-corrected chi connectivity index (χ3v) is 6.45. The lowest BCUT2D eigenvalue weighted by molar-refractivity contribution is -0.144. The van der Waals surface area contributed by atoms with E-state index >= 15 is 0 Å². The zero-order valence-corrected chi connectivity index (χ0v) is 14.1. The van der Waals surface area contributed by atoms with Gasteiger partial charge in [0.25, 0.3) is 0 Å². The zero-order chi connectivity index (χ0) is 15.9. The highest BCUT2D eigenvalue weighted by molar-refractivity contribution is 8.01. The van der Waals surface area contributed by atoms with Crippen LogP contribution in [-0.4, -0.2) is 45.3 Å². The van der Waals surface area contributed by atoms with Crippen molar-refractivity contribution in [3.63, 3.8) is 0 Å². The molecule has 0 radical (unpaired) electrons. The van der Waals surface area contributed by atoms with Gasteiger partial charge in [-0.25, -0.2) is 0 Å². The Balaban J connectivity index is 1.78. The van der Waals surface area contributed by atoms with Crippen molar-refractivity contribution < 1.29 is 9.59 Å². The Kier molecular flexibility index (Phi) is 3.93. The highest BCUT2D eigenvalue weighted by Gasteiger charge is 2.53. The van der Waals surface area contributed by atoms with E-state index in [0.717, 1.165) is 12.0 Å². The van der Waals surface area contributed by atoms with E-state index in [1.54, 1.807) is 16.7 Å². The van der Waals surface area contributed by atoms with Crippen LogP contribution >= 0.6 is 11.8 Å². The van der Waals surface area contributed by atoms with Crippen LogP contribution in [-0.2, 0) is 9.59 Å². The number of hydrogen-bond donors (Lipinski definition) is 0. The van der Waals surface area contributed by atoms with Crippen LogP contribution in [0.15, 0.2) is 30.3 Å². The minimum atomic E-state index is -0.318. The summed E-state index contributed by atoms with van der Waals surface area (Å²) in [5.41, 5.74) is 1.11. The third kappa shape index (κ3) is 2.41. The predicted molar refractivity (Wildman–Crippen MR) is 88.4 cm³/mol. The van der Waals surface area contributed by atoms with E-state index in [2.05, 4.69) is 6.92 Å². The molecule has 2 saturated heterocycles. The van der Waals surface area contributed by atoms with Crippen molar-refractivity contribution >= 4 is 23.6 Å². The van der Waals surface area contributed by atoms with E-state index in [4.69, 9.17) is 0 Å². The standard InChI is InChI=1S/C17H22N2O2S/c1-12(13-7-5-4-6-8-13)18(3)16(21)14-11-22-17(2)10-9-15(20)19(14)17/h4-8,12,14H,9-11H2,1-3H3. The van der Waals surface area contributed by atoms with Crippen molar-refractivity contribution in [3.05, 3.63) is 35.9 Å². The van der Waals surface area contributed by atoms with Crippen molar-refractivity contribution in [1.82, 2.24) is 9.80 Å². The number of hydrogen-bond acceptors (Lipinski definition) is 3. The maximum atomic E-state index is 12.9. The monoisotopic (exact) mass is 318 g/mol. The Labute approximate surface area is 135 Å². The van der Waals surface area contributed by atoms with Gasteiger partial charge < -0.3 is 9.80 Å². The molecule has 0 N–H and O–H groups in total. The normalized spacial score (nSPS) is 28.6. The maximum Gasteiger partial charge on any atom is 0.246 e. The number of fused-ring (bicyclic) bond motifs is 1. The van der Waals surface area contributed by atoms with Crippen molar-refractivity contribution in [2.24, 2.45) is 0 Å². The second kappa shape index (κ2) is 5.61. The second-order valence-corrected chi connectivity index (χ2v) is 7.80. The number of carbonyl (C=O) groups is 2. The molecule has 0 bridgehead atoms. The summed E-state index contributed by atoms with van der Waals surface area (Å²) < 4.78 is 0. The largest absolute Gasteiger partial charge is 0.337 e. The first-order valence-corrected chi connectivity index (χ1v) is 8.70. The van der Waals surface area contributed by atoms with Crippen LogP contribution in [0, 0.1) is 0 Å². The van der Waals surface area contributed by atoms with Crippen LogP contribution in [0.1, 0.15) is 38.3 Å². The van der Waals surface area contributed by atoms with Crippen LogP contribution in [0.2, 0.25) is 0 Å². The molecule has 2 amide bonds. The summed E-state index contributed by atoms with van der Waals surface area (Å²) in [5.74, 6) is 0.863. The topological polar surface area (TPSA) is 40.6 Å². The molecular weight excluding hydrogens is 296 g/mol. The molecule has 3 rings (SSSR count). The number of benzene rings is 1. The van der Waals surface area contributed by atoms with E-state index in [-0.39, 0.29) is 28.8 Å². The van der Waals surface area contributed by atoms with Gasteiger partial charge in [0.15, 0.2) is 0 Å². The van der Waals surface area contributed by atoms with Gasteiger partial charge in [0, 0.05) is 19.2 Å². The number of nitrogens with zero attached hydrogens (tertiary/aromatic N) is 2. The second-order valence-electron chi connectivity index (χ2n) is 6.30. The van der Waals surface area contributed by atoms with Crippen molar-refractivity contribution in [3.8, 4) is 0 Å². The van der Waals surface area contributed by atoms with Gasteiger partial charge in [-0.15, -0.1) is 11.8 Å². The first-order chi connectivity index (χ1) is 10.4. The molecule has 1 aromatic rings. The smallest absolute Gasteiger partial charge is 0.246 e. The van der Waals surface area contributed by atoms with Gasteiger partial charge in [-0.05, 0) is 25.8 Å². The Morgan fingerprint density at radius 3 is 2.77 bits per heavy atom. The summed E-state index contributed by atoms with van der Waals surface area (Å²) in [6, 6.07) is 9.68. The molecule has 3 unspecified atom stereocenters. The molecule has 5 heteroatoms. The summed E-state index contributed by atoms with van der Waals surface area (Å²) in [5, 5.41) is 0. The average Bonchev–Trinajstić information content (AvgIpc) is 3.03. The predicted octanol–water partition coefficient (Wildman–Crippen LogP) is 2.66. The van der Waals surface area contributed by atoms with Crippen molar-refractivity contribution in [2.45, 2.75) is 43.6 Å².